The summed E-state index contributed by atoms with van der Waals surface area (Å²) in [6.07, 6.45) is 0. The van der Waals surface area contributed by atoms with Crippen molar-refractivity contribution in [3.05, 3.63) is 29.1 Å². The van der Waals surface area contributed by atoms with Gasteiger partial charge < -0.3 is 14.8 Å². The Bertz CT molecular complexity index is 328. The molecule has 0 saturated carbocycles. The van der Waals surface area contributed by atoms with Crippen molar-refractivity contribution in [1.82, 2.24) is 0 Å². The van der Waals surface area contributed by atoms with E-state index < -0.39 is 12.9 Å². The molecule has 0 unspecified atom stereocenters. The van der Waals surface area contributed by atoms with Crippen LogP contribution in [0.4, 0.5) is 4.39 Å². The first-order valence-electron chi connectivity index (χ1n) is 4.21. The topological polar surface area (TPSA) is 49.7 Å². The van der Waals surface area contributed by atoms with E-state index >= 15 is 0 Å². The summed E-state index contributed by atoms with van der Waals surface area (Å²) in [4.78, 5) is 0. The van der Waals surface area contributed by atoms with Gasteiger partial charge in [0.25, 0.3) is 0 Å². The Morgan fingerprint density at radius 3 is 2.57 bits per heavy atom. The summed E-state index contributed by atoms with van der Waals surface area (Å²) >= 11 is 0. The first kappa shape index (κ1) is 11.2. The largest absolute Gasteiger partial charge is 0.489 e. The van der Waals surface area contributed by atoms with E-state index in [4.69, 9.17) is 14.8 Å². The van der Waals surface area contributed by atoms with Crippen molar-refractivity contribution >= 4 is 12.6 Å². The highest BCUT2D eigenvalue weighted by Crippen LogP contribution is 2.09. The lowest BCUT2D eigenvalue weighted by atomic mass is 9.74. The summed E-state index contributed by atoms with van der Waals surface area (Å²) in [7, 11) is -0.245. The lowest BCUT2D eigenvalue weighted by molar-refractivity contribution is 0.182. The number of halogens is 1. The Balaban J connectivity index is 3.26. The van der Waals surface area contributed by atoms with Crippen molar-refractivity contribution in [1.29, 1.82) is 0 Å². The van der Waals surface area contributed by atoms with E-state index in [0.717, 1.165) is 0 Å². The number of benzene rings is 1. The molecule has 3 nitrogen and oxygen atoms in total. The van der Waals surface area contributed by atoms with E-state index in [1.165, 1.54) is 19.2 Å². The van der Waals surface area contributed by atoms with Gasteiger partial charge in [-0.1, -0.05) is 11.6 Å². The average molecular weight is 198 g/mol. The highest BCUT2D eigenvalue weighted by atomic mass is 19.1. The van der Waals surface area contributed by atoms with Gasteiger partial charge in [-0.05, 0) is 18.5 Å². The molecule has 14 heavy (non-hydrogen) atoms. The molecule has 0 radical (unpaired) electrons. The highest BCUT2D eigenvalue weighted by Gasteiger charge is 2.21. The minimum Gasteiger partial charge on any atom is -0.423 e. The molecule has 0 saturated heterocycles. The molecular formula is C9H12BFO3. The number of hydrogen-bond acceptors (Lipinski definition) is 3. The standard InChI is InChI=1S/C9H12BFO3/c1-6-3-4-8(11)7(5-14-2)9(6)10(12)13/h3-4,12-13H,5H2,1-2H3. The van der Waals surface area contributed by atoms with E-state index in [1.807, 2.05) is 0 Å². The Morgan fingerprint density at radius 2 is 2.07 bits per heavy atom. The van der Waals surface area contributed by atoms with Crippen LogP contribution < -0.4 is 5.46 Å². The molecule has 1 aromatic rings. The van der Waals surface area contributed by atoms with Crippen molar-refractivity contribution in [2.75, 3.05) is 7.11 Å². The zero-order chi connectivity index (χ0) is 10.7. The van der Waals surface area contributed by atoms with Crippen LogP contribution in [0.15, 0.2) is 12.1 Å². The summed E-state index contributed by atoms with van der Waals surface area (Å²) in [6, 6.07) is 2.79. The first-order chi connectivity index (χ1) is 6.57. The van der Waals surface area contributed by atoms with E-state index in [0.29, 0.717) is 5.56 Å². The first-order valence-corrected chi connectivity index (χ1v) is 4.21. The number of methoxy groups -OCH3 is 1. The molecule has 0 aromatic heterocycles. The quantitative estimate of drug-likeness (QED) is 0.670. The third kappa shape index (κ3) is 2.12. The van der Waals surface area contributed by atoms with Gasteiger partial charge in [0.2, 0.25) is 0 Å². The Morgan fingerprint density at radius 1 is 1.43 bits per heavy atom. The molecule has 1 rings (SSSR count). The summed E-state index contributed by atoms with van der Waals surface area (Å²) in [6.45, 7) is 1.72. The summed E-state index contributed by atoms with van der Waals surface area (Å²) < 4.78 is 18.1. The van der Waals surface area contributed by atoms with Crippen molar-refractivity contribution in [2.45, 2.75) is 13.5 Å². The fourth-order valence-corrected chi connectivity index (χ4v) is 1.41. The smallest absolute Gasteiger partial charge is 0.423 e. The monoisotopic (exact) mass is 198 g/mol. The third-order valence-electron chi connectivity index (χ3n) is 2.06. The average Bonchev–Trinajstić information content (AvgIpc) is 2.11. The lowest BCUT2D eigenvalue weighted by Crippen LogP contribution is -2.36. The molecule has 0 amide bonds. The van der Waals surface area contributed by atoms with Gasteiger partial charge in [0.1, 0.15) is 5.82 Å². The van der Waals surface area contributed by atoms with Gasteiger partial charge in [-0.15, -0.1) is 0 Å². The number of ether oxygens (including phenoxy) is 1. The van der Waals surface area contributed by atoms with Crippen LogP contribution in [0, 0.1) is 12.7 Å². The number of rotatable bonds is 3. The van der Waals surface area contributed by atoms with Gasteiger partial charge in [-0.2, -0.15) is 0 Å². The molecule has 76 valence electrons. The fraction of sp³-hybridized carbons (Fsp3) is 0.333. The highest BCUT2D eigenvalue weighted by molar-refractivity contribution is 6.59. The third-order valence-corrected chi connectivity index (χ3v) is 2.06. The van der Waals surface area contributed by atoms with Gasteiger partial charge in [0, 0.05) is 12.7 Å². The molecule has 1 aromatic carbocycles. The zero-order valence-electron chi connectivity index (χ0n) is 8.12. The molecule has 0 heterocycles. The molecule has 0 atom stereocenters. The maximum atomic E-state index is 13.3. The van der Waals surface area contributed by atoms with E-state index in [-0.39, 0.29) is 17.6 Å². The molecule has 0 spiro atoms. The molecule has 2 N–H and O–H groups in total. The van der Waals surface area contributed by atoms with Gasteiger partial charge in [-0.25, -0.2) is 4.39 Å². The second-order valence-corrected chi connectivity index (χ2v) is 3.06. The van der Waals surface area contributed by atoms with Gasteiger partial charge in [0.05, 0.1) is 6.61 Å². The number of hydrogen-bond donors (Lipinski definition) is 2. The van der Waals surface area contributed by atoms with Crippen LogP contribution >= 0.6 is 0 Å². The zero-order valence-corrected chi connectivity index (χ0v) is 8.12. The van der Waals surface area contributed by atoms with Crippen LogP contribution in [0.2, 0.25) is 0 Å². The molecule has 0 fully saturated rings. The van der Waals surface area contributed by atoms with Gasteiger partial charge >= 0.3 is 7.12 Å². The summed E-state index contributed by atoms with van der Waals surface area (Å²) in [5, 5.41) is 18.1. The summed E-state index contributed by atoms with van der Waals surface area (Å²) in [5.74, 6) is -0.486. The number of aryl methyl sites for hydroxylation is 1. The molecule has 0 aliphatic rings. The van der Waals surface area contributed by atoms with E-state index in [9.17, 15) is 4.39 Å². The Kier molecular flexibility index (Phi) is 3.63. The Labute approximate surface area is 82.3 Å². The van der Waals surface area contributed by atoms with E-state index in [1.54, 1.807) is 6.92 Å². The minimum absolute atomic E-state index is 0.0282. The minimum atomic E-state index is -1.67. The van der Waals surface area contributed by atoms with Crippen LogP contribution in [0.3, 0.4) is 0 Å². The molecular weight excluding hydrogens is 186 g/mol. The molecule has 0 bridgehead atoms. The van der Waals surface area contributed by atoms with Crippen LogP contribution in [0.5, 0.6) is 0 Å². The van der Waals surface area contributed by atoms with Crippen molar-refractivity contribution in [3.8, 4) is 0 Å². The van der Waals surface area contributed by atoms with Crippen molar-refractivity contribution < 1.29 is 19.2 Å². The summed E-state index contributed by atoms with van der Waals surface area (Å²) in [5.41, 5.74) is 1.02. The fourth-order valence-electron chi connectivity index (χ4n) is 1.41. The maximum Gasteiger partial charge on any atom is 0.489 e. The maximum absolute atomic E-state index is 13.3. The normalized spacial score (nSPS) is 10.4. The van der Waals surface area contributed by atoms with Crippen LogP contribution in [-0.4, -0.2) is 24.3 Å². The van der Waals surface area contributed by atoms with Gasteiger partial charge in [-0.3, -0.25) is 0 Å². The second kappa shape index (κ2) is 4.55. The SMILES string of the molecule is COCc1c(F)ccc(C)c1B(O)O. The lowest BCUT2D eigenvalue weighted by Gasteiger charge is -2.12. The van der Waals surface area contributed by atoms with Crippen molar-refractivity contribution in [3.63, 3.8) is 0 Å². The van der Waals surface area contributed by atoms with Crippen molar-refractivity contribution in [2.24, 2.45) is 0 Å². The van der Waals surface area contributed by atoms with Crippen LogP contribution in [0.25, 0.3) is 0 Å². The van der Waals surface area contributed by atoms with Crippen LogP contribution in [0.1, 0.15) is 11.1 Å². The van der Waals surface area contributed by atoms with Gasteiger partial charge in [0.15, 0.2) is 0 Å². The van der Waals surface area contributed by atoms with E-state index in [2.05, 4.69) is 0 Å². The predicted octanol–water partition coefficient (Wildman–Crippen LogP) is -0.0397. The van der Waals surface area contributed by atoms with Crippen LogP contribution in [-0.2, 0) is 11.3 Å². The molecule has 0 aliphatic carbocycles. The Hall–Kier alpha value is -0.905. The molecule has 0 aliphatic heterocycles. The predicted molar refractivity (Wildman–Crippen MR) is 51.7 cm³/mol. The second-order valence-electron chi connectivity index (χ2n) is 3.06. The molecule has 5 heteroatoms.